The van der Waals surface area contributed by atoms with Crippen LogP contribution in [-0.4, -0.2) is 12.6 Å². The molecule has 22 heavy (non-hydrogen) atoms. The Morgan fingerprint density at radius 3 is 2.59 bits per heavy atom. The monoisotopic (exact) mass is 335 g/mol. The molecule has 0 saturated heterocycles. The van der Waals surface area contributed by atoms with Gasteiger partial charge < -0.3 is 9.47 Å². The molecule has 0 fully saturated rings. The lowest BCUT2D eigenvalue weighted by Gasteiger charge is -2.13. The van der Waals surface area contributed by atoms with Crippen LogP contribution < -0.4 is 9.47 Å². The SMILES string of the molecule is CCOc1cc(C#N)cc(Cl)c1OC(=O)c1ccccc1Cl. The van der Waals surface area contributed by atoms with E-state index in [9.17, 15) is 4.79 Å². The fraction of sp³-hybridized carbons (Fsp3) is 0.125. The Morgan fingerprint density at radius 2 is 1.95 bits per heavy atom. The molecule has 0 amide bonds. The molecule has 0 heterocycles. The van der Waals surface area contributed by atoms with Crippen molar-refractivity contribution >= 4 is 29.2 Å². The minimum Gasteiger partial charge on any atom is -0.490 e. The van der Waals surface area contributed by atoms with Gasteiger partial charge in [0.25, 0.3) is 0 Å². The molecule has 0 bridgehead atoms. The zero-order valence-corrected chi connectivity index (χ0v) is 13.1. The van der Waals surface area contributed by atoms with Crippen molar-refractivity contribution in [3.8, 4) is 17.6 Å². The van der Waals surface area contributed by atoms with Crippen molar-refractivity contribution in [3.05, 3.63) is 57.6 Å². The van der Waals surface area contributed by atoms with E-state index >= 15 is 0 Å². The molecule has 0 atom stereocenters. The molecule has 0 aliphatic carbocycles. The molecule has 0 N–H and O–H groups in total. The summed E-state index contributed by atoms with van der Waals surface area (Å²) in [6, 6.07) is 11.3. The highest BCUT2D eigenvalue weighted by Crippen LogP contribution is 2.37. The van der Waals surface area contributed by atoms with Crippen LogP contribution >= 0.6 is 23.2 Å². The van der Waals surface area contributed by atoms with E-state index in [1.807, 2.05) is 6.07 Å². The summed E-state index contributed by atoms with van der Waals surface area (Å²) < 4.78 is 10.7. The third-order valence-corrected chi connectivity index (χ3v) is 3.34. The van der Waals surface area contributed by atoms with Gasteiger partial charge in [-0.2, -0.15) is 5.26 Å². The van der Waals surface area contributed by atoms with Gasteiger partial charge in [-0.05, 0) is 25.1 Å². The second-order valence-electron chi connectivity index (χ2n) is 4.20. The van der Waals surface area contributed by atoms with Crippen LogP contribution in [0.4, 0.5) is 0 Å². The van der Waals surface area contributed by atoms with Crippen LogP contribution in [0.1, 0.15) is 22.8 Å². The fourth-order valence-corrected chi connectivity index (χ4v) is 2.23. The summed E-state index contributed by atoms with van der Waals surface area (Å²) in [6.45, 7) is 2.11. The van der Waals surface area contributed by atoms with Crippen LogP contribution in [0, 0.1) is 11.3 Å². The molecular weight excluding hydrogens is 325 g/mol. The Balaban J connectivity index is 2.39. The number of benzene rings is 2. The Hall–Kier alpha value is -2.22. The second kappa shape index (κ2) is 7.17. The number of rotatable bonds is 4. The minimum atomic E-state index is -0.654. The third-order valence-electron chi connectivity index (χ3n) is 2.73. The van der Waals surface area contributed by atoms with Gasteiger partial charge in [0, 0.05) is 6.07 Å². The maximum absolute atomic E-state index is 12.2. The first-order valence-corrected chi connectivity index (χ1v) is 7.15. The van der Waals surface area contributed by atoms with Gasteiger partial charge in [0.2, 0.25) is 0 Å². The Labute approximate surface area is 137 Å². The first-order valence-electron chi connectivity index (χ1n) is 6.40. The topological polar surface area (TPSA) is 59.3 Å². The van der Waals surface area contributed by atoms with E-state index in [1.54, 1.807) is 31.2 Å². The van der Waals surface area contributed by atoms with E-state index in [-0.39, 0.29) is 27.1 Å². The van der Waals surface area contributed by atoms with Crippen LogP contribution in [0.15, 0.2) is 36.4 Å². The maximum Gasteiger partial charge on any atom is 0.345 e. The fourth-order valence-electron chi connectivity index (χ4n) is 1.77. The largest absolute Gasteiger partial charge is 0.490 e. The van der Waals surface area contributed by atoms with Gasteiger partial charge in [-0.15, -0.1) is 0 Å². The average Bonchev–Trinajstić information content (AvgIpc) is 2.50. The maximum atomic E-state index is 12.2. The van der Waals surface area contributed by atoms with Gasteiger partial charge in [-0.25, -0.2) is 4.79 Å². The summed E-state index contributed by atoms with van der Waals surface area (Å²) in [6.07, 6.45) is 0. The van der Waals surface area contributed by atoms with E-state index < -0.39 is 5.97 Å². The smallest absolute Gasteiger partial charge is 0.345 e. The highest BCUT2D eigenvalue weighted by molar-refractivity contribution is 6.34. The number of carbonyl (C=O) groups is 1. The summed E-state index contributed by atoms with van der Waals surface area (Å²) in [4.78, 5) is 12.2. The lowest BCUT2D eigenvalue weighted by molar-refractivity contribution is 0.0728. The third kappa shape index (κ3) is 3.51. The van der Waals surface area contributed by atoms with Crippen LogP contribution in [0.25, 0.3) is 0 Å². The lowest BCUT2D eigenvalue weighted by atomic mass is 10.2. The molecule has 0 aliphatic heterocycles. The molecule has 0 saturated carbocycles. The zero-order chi connectivity index (χ0) is 16.1. The first kappa shape index (κ1) is 16.2. The van der Waals surface area contributed by atoms with E-state index in [0.717, 1.165) is 0 Å². The molecular formula is C16H11Cl2NO3. The van der Waals surface area contributed by atoms with Crippen LogP contribution in [0.5, 0.6) is 11.5 Å². The number of nitriles is 1. The molecule has 2 aromatic carbocycles. The van der Waals surface area contributed by atoms with Crippen molar-refractivity contribution in [2.75, 3.05) is 6.61 Å². The van der Waals surface area contributed by atoms with E-state index in [0.29, 0.717) is 12.2 Å². The molecule has 2 aromatic rings. The van der Waals surface area contributed by atoms with Gasteiger partial charge >= 0.3 is 5.97 Å². The zero-order valence-electron chi connectivity index (χ0n) is 11.6. The second-order valence-corrected chi connectivity index (χ2v) is 5.01. The molecule has 4 nitrogen and oxygen atoms in total. The summed E-state index contributed by atoms with van der Waals surface area (Å²) in [5, 5.41) is 9.34. The quantitative estimate of drug-likeness (QED) is 0.610. The van der Waals surface area contributed by atoms with Crippen molar-refractivity contribution in [2.24, 2.45) is 0 Å². The number of esters is 1. The molecule has 112 valence electrons. The Kier molecular flexibility index (Phi) is 5.26. The summed E-state index contributed by atoms with van der Waals surface area (Å²) in [5.41, 5.74) is 0.526. The van der Waals surface area contributed by atoms with Gasteiger partial charge in [0.1, 0.15) is 0 Å². The standard InChI is InChI=1S/C16H11Cl2NO3/c1-2-21-14-8-10(9-19)7-13(18)15(14)22-16(20)11-5-3-4-6-12(11)17/h3-8H,2H2,1H3. The number of hydrogen-bond donors (Lipinski definition) is 0. The number of nitrogens with zero attached hydrogens (tertiary/aromatic N) is 1. The Morgan fingerprint density at radius 1 is 1.23 bits per heavy atom. The Bertz CT molecular complexity index is 754. The molecule has 0 radical (unpaired) electrons. The molecule has 0 spiro atoms. The van der Waals surface area contributed by atoms with Gasteiger partial charge in [-0.3, -0.25) is 0 Å². The van der Waals surface area contributed by atoms with Crippen molar-refractivity contribution < 1.29 is 14.3 Å². The van der Waals surface area contributed by atoms with Crippen LogP contribution in [-0.2, 0) is 0 Å². The normalized spacial score (nSPS) is 9.91. The van der Waals surface area contributed by atoms with Crippen LogP contribution in [0.2, 0.25) is 10.0 Å². The van der Waals surface area contributed by atoms with Crippen molar-refractivity contribution in [2.45, 2.75) is 6.92 Å². The van der Waals surface area contributed by atoms with Gasteiger partial charge in [0.05, 0.1) is 33.8 Å². The van der Waals surface area contributed by atoms with Gasteiger partial charge in [0.15, 0.2) is 11.5 Å². The number of halogens is 2. The molecule has 0 aromatic heterocycles. The van der Waals surface area contributed by atoms with E-state index in [2.05, 4.69) is 0 Å². The summed E-state index contributed by atoms with van der Waals surface area (Å²) >= 11 is 12.0. The highest BCUT2D eigenvalue weighted by Gasteiger charge is 2.19. The number of carbonyl (C=O) groups excluding carboxylic acids is 1. The van der Waals surface area contributed by atoms with Crippen LogP contribution in [0.3, 0.4) is 0 Å². The summed E-state index contributed by atoms with van der Waals surface area (Å²) in [5.74, 6) is -0.363. The highest BCUT2D eigenvalue weighted by atomic mass is 35.5. The van der Waals surface area contributed by atoms with Crippen molar-refractivity contribution in [1.82, 2.24) is 0 Å². The number of ether oxygens (including phenoxy) is 2. The first-order chi connectivity index (χ1) is 10.6. The van der Waals surface area contributed by atoms with E-state index in [1.165, 1.54) is 12.1 Å². The van der Waals surface area contributed by atoms with E-state index in [4.69, 9.17) is 37.9 Å². The predicted molar refractivity (Wildman–Crippen MR) is 83.7 cm³/mol. The summed E-state index contributed by atoms with van der Waals surface area (Å²) in [7, 11) is 0. The van der Waals surface area contributed by atoms with Crippen molar-refractivity contribution in [3.63, 3.8) is 0 Å². The molecule has 0 aliphatic rings. The number of hydrogen-bond acceptors (Lipinski definition) is 4. The van der Waals surface area contributed by atoms with Gasteiger partial charge in [-0.1, -0.05) is 35.3 Å². The molecule has 6 heteroatoms. The molecule has 2 rings (SSSR count). The minimum absolute atomic E-state index is 0.0624. The average molecular weight is 336 g/mol. The van der Waals surface area contributed by atoms with Crippen molar-refractivity contribution in [1.29, 1.82) is 5.26 Å². The lowest BCUT2D eigenvalue weighted by Crippen LogP contribution is -2.10. The predicted octanol–water partition coefficient (Wildman–Crippen LogP) is 4.48. The molecule has 0 unspecified atom stereocenters.